The molecule has 0 spiro atoms. The Morgan fingerprint density at radius 2 is 2.35 bits per heavy atom. The third-order valence-corrected chi connectivity index (χ3v) is 3.93. The fourth-order valence-electron chi connectivity index (χ4n) is 1.72. The average molecular weight is 295 g/mol. The van der Waals surface area contributed by atoms with E-state index in [2.05, 4.69) is 31.0 Å². The van der Waals surface area contributed by atoms with E-state index in [4.69, 9.17) is 4.52 Å². The molecule has 0 unspecified atom stereocenters. The molecule has 0 atom stereocenters. The van der Waals surface area contributed by atoms with E-state index in [-0.39, 0.29) is 0 Å². The van der Waals surface area contributed by atoms with E-state index in [1.54, 1.807) is 4.68 Å². The van der Waals surface area contributed by atoms with E-state index in [9.17, 15) is 0 Å². The molecule has 1 saturated carbocycles. The van der Waals surface area contributed by atoms with Gasteiger partial charge in [-0.25, -0.2) is 4.68 Å². The van der Waals surface area contributed by atoms with Crippen LogP contribution in [0.15, 0.2) is 9.68 Å². The summed E-state index contributed by atoms with van der Waals surface area (Å²) in [6, 6.07) is 0.703. The molecule has 0 bridgehead atoms. The van der Waals surface area contributed by atoms with Crippen LogP contribution in [0.4, 0.5) is 0 Å². The van der Waals surface area contributed by atoms with Crippen molar-refractivity contribution < 1.29 is 4.52 Å². The van der Waals surface area contributed by atoms with Crippen LogP contribution < -0.4 is 5.32 Å². The van der Waals surface area contributed by atoms with Crippen LogP contribution in [0.5, 0.6) is 0 Å². The van der Waals surface area contributed by atoms with Gasteiger partial charge in [0.2, 0.25) is 11.0 Å². The van der Waals surface area contributed by atoms with Gasteiger partial charge in [0.25, 0.3) is 0 Å². The highest BCUT2D eigenvalue weighted by Crippen LogP contribution is 2.19. The molecule has 2 aromatic rings. The number of nitrogens with zero attached hydrogens (tertiary/aromatic N) is 6. The standard InChI is InChI=1S/C11H17N7OS/c1-2-10-13-9(15-19-10)7-20-11-14-16-17-18(11)6-5-12-8-3-4-8/h8,12H,2-7H2,1H3. The molecule has 0 radical (unpaired) electrons. The van der Waals surface area contributed by atoms with Crippen molar-refractivity contribution >= 4 is 11.8 Å². The summed E-state index contributed by atoms with van der Waals surface area (Å²) in [6.07, 6.45) is 3.33. The summed E-state index contributed by atoms with van der Waals surface area (Å²) in [5.41, 5.74) is 0. The summed E-state index contributed by atoms with van der Waals surface area (Å²) in [7, 11) is 0. The quantitative estimate of drug-likeness (QED) is 0.710. The Morgan fingerprint density at radius 3 is 3.10 bits per heavy atom. The smallest absolute Gasteiger partial charge is 0.226 e. The number of hydrogen-bond donors (Lipinski definition) is 1. The van der Waals surface area contributed by atoms with Gasteiger partial charge in [0.15, 0.2) is 5.82 Å². The maximum Gasteiger partial charge on any atom is 0.226 e. The molecular formula is C11H17N7OS. The molecule has 1 aliphatic carbocycles. The third-order valence-electron chi connectivity index (χ3n) is 2.98. The van der Waals surface area contributed by atoms with Gasteiger partial charge in [-0.3, -0.25) is 0 Å². The first-order chi connectivity index (χ1) is 9.85. The number of rotatable bonds is 8. The van der Waals surface area contributed by atoms with Gasteiger partial charge in [0, 0.05) is 19.0 Å². The van der Waals surface area contributed by atoms with Crippen molar-refractivity contribution in [3.8, 4) is 0 Å². The van der Waals surface area contributed by atoms with Crippen LogP contribution in [0.1, 0.15) is 31.5 Å². The molecule has 20 heavy (non-hydrogen) atoms. The molecule has 8 nitrogen and oxygen atoms in total. The van der Waals surface area contributed by atoms with Crippen LogP contribution in [0.2, 0.25) is 0 Å². The zero-order valence-corrected chi connectivity index (χ0v) is 12.1. The van der Waals surface area contributed by atoms with Gasteiger partial charge in [-0.15, -0.1) is 5.10 Å². The van der Waals surface area contributed by atoms with Crippen molar-refractivity contribution in [1.82, 2.24) is 35.7 Å². The highest BCUT2D eigenvalue weighted by atomic mass is 32.2. The molecule has 0 aromatic carbocycles. The summed E-state index contributed by atoms with van der Waals surface area (Å²) in [6.45, 7) is 3.65. The van der Waals surface area contributed by atoms with Crippen LogP contribution in [0, 0.1) is 0 Å². The zero-order valence-electron chi connectivity index (χ0n) is 11.3. The molecule has 108 valence electrons. The fourth-order valence-corrected chi connectivity index (χ4v) is 2.47. The fraction of sp³-hybridized carbons (Fsp3) is 0.727. The topological polar surface area (TPSA) is 94.5 Å². The molecule has 0 aliphatic heterocycles. The van der Waals surface area contributed by atoms with Crippen molar-refractivity contribution in [1.29, 1.82) is 0 Å². The number of tetrazole rings is 1. The Bertz CT molecular complexity index is 550. The van der Waals surface area contributed by atoms with Crippen molar-refractivity contribution in [3.63, 3.8) is 0 Å². The molecule has 9 heteroatoms. The zero-order chi connectivity index (χ0) is 13.8. The minimum absolute atomic E-state index is 0.611. The third kappa shape index (κ3) is 3.54. The molecule has 0 amide bonds. The summed E-state index contributed by atoms with van der Waals surface area (Å²) >= 11 is 1.52. The van der Waals surface area contributed by atoms with Gasteiger partial charge >= 0.3 is 0 Å². The van der Waals surface area contributed by atoms with Gasteiger partial charge in [0.1, 0.15) is 0 Å². The van der Waals surface area contributed by atoms with Crippen LogP contribution in [-0.4, -0.2) is 42.9 Å². The van der Waals surface area contributed by atoms with Crippen molar-refractivity contribution in [2.75, 3.05) is 6.54 Å². The Labute approximate surface area is 120 Å². The predicted molar refractivity (Wildman–Crippen MR) is 72.1 cm³/mol. The Balaban J connectivity index is 1.50. The SMILES string of the molecule is CCc1nc(CSc2nnnn2CCNC2CC2)no1. The number of thioether (sulfide) groups is 1. The molecule has 3 rings (SSSR count). The molecule has 1 aliphatic rings. The highest BCUT2D eigenvalue weighted by Gasteiger charge is 2.20. The van der Waals surface area contributed by atoms with Gasteiger partial charge < -0.3 is 9.84 Å². The number of hydrogen-bond acceptors (Lipinski definition) is 8. The maximum absolute atomic E-state index is 5.07. The molecule has 2 aromatic heterocycles. The van der Waals surface area contributed by atoms with E-state index in [0.29, 0.717) is 23.5 Å². The second-order valence-corrected chi connectivity index (χ2v) is 5.60. The molecular weight excluding hydrogens is 278 g/mol. The van der Waals surface area contributed by atoms with Gasteiger partial charge in [-0.1, -0.05) is 23.8 Å². The van der Waals surface area contributed by atoms with Crippen LogP contribution in [0.25, 0.3) is 0 Å². The summed E-state index contributed by atoms with van der Waals surface area (Å²) in [4.78, 5) is 4.26. The number of aromatic nitrogens is 6. The minimum atomic E-state index is 0.611. The van der Waals surface area contributed by atoms with Gasteiger partial charge in [-0.05, 0) is 23.3 Å². The monoisotopic (exact) mass is 295 g/mol. The summed E-state index contributed by atoms with van der Waals surface area (Å²) in [5.74, 6) is 1.95. The first-order valence-electron chi connectivity index (χ1n) is 6.79. The lowest BCUT2D eigenvalue weighted by Crippen LogP contribution is -2.22. The van der Waals surface area contributed by atoms with Crippen LogP contribution >= 0.6 is 11.8 Å². The highest BCUT2D eigenvalue weighted by molar-refractivity contribution is 7.98. The second-order valence-electron chi connectivity index (χ2n) is 4.66. The first kappa shape index (κ1) is 13.5. The molecule has 0 saturated heterocycles. The Hall–Kier alpha value is -1.48. The van der Waals surface area contributed by atoms with Gasteiger partial charge in [0.05, 0.1) is 12.3 Å². The van der Waals surface area contributed by atoms with E-state index >= 15 is 0 Å². The lowest BCUT2D eigenvalue weighted by Gasteiger charge is -2.04. The van der Waals surface area contributed by atoms with Crippen molar-refractivity contribution in [3.05, 3.63) is 11.7 Å². The van der Waals surface area contributed by atoms with E-state index < -0.39 is 0 Å². The van der Waals surface area contributed by atoms with E-state index in [0.717, 1.165) is 24.7 Å². The van der Waals surface area contributed by atoms with Crippen LogP contribution in [0.3, 0.4) is 0 Å². The molecule has 1 N–H and O–H groups in total. The molecule has 1 fully saturated rings. The number of aryl methyl sites for hydroxylation is 1. The number of nitrogens with one attached hydrogen (secondary N) is 1. The summed E-state index contributed by atoms with van der Waals surface area (Å²) < 4.78 is 6.88. The average Bonchev–Trinajstić information content (AvgIpc) is 3.00. The second kappa shape index (κ2) is 6.31. The molecule has 2 heterocycles. The normalized spacial score (nSPS) is 14.8. The van der Waals surface area contributed by atoms with Gasteiger partial charge in [-0.2, -0.15) is 4.98 Å². The maximum atomic E-state index is 5.07. The Kier molecular flexibility index (Phi) is 4.26. The Morgan fingerprint density at radius 1 is 1.45 bits per heavy atom. The predicted octanol–water partition coefficient (Wildman–Crippen LogP) is 0.663. The van der Waals surface area contributed by atoms with Crippen molar-refractivity contribution in [2.24, 2.45) is 0 Å². The lowest BCUT2D eigenvalue weighted by molar-refractivity contribution is 0.378. The van der Waals surface area contributed by atoms with Crippen molar-refractivity contribution in [2.45, 2.75) is 49.7 Å². The summed E-state index contributed by atoms with van der Waals surface area (Å²) in [5, 5.41) is 19.9. The first-order valence-corrected chi connectivity index (χ1v) is 7.77. The van der Waals surface area contributed by atoms with Crippen LogP contribution in [-0.2, 0) is 18.7 Å². The lowest BCUT2D eigenvalue weighted by atomic mass is 10.5. The van der Waals surface area contributed by atoms with E-state index in [1.165, 1.54) is 24.6 Å². The minimum Gasteiger partial charge on any atom is -0.339 e. The van der Waals surface area contributed by atoms with E-state index in [1.807, 2.05) is 6.92 Å². The largest absolute Gasteiger partial charge is 0.339 e.